The van der Waals surface area contributed by atoms with Crippen LogP contribution in [0.4, 0.5) is 0 Å². The van der Waals surface area contributed by atoms with Gasteiger partial charge in [-0.2, -0.15) is 0 Å². The molecule has 0 radical (unpaired) electrons. The molecule has 0 aliphatic rings. The number of carbonyl (C=O) groups is 1. The average molecular weight is 923 g/mol. The number of aliphatic hydroxyl groups excluding tert-OH is 2. The van der Waals surface area contributed by atoms with Crippen LogP contribution in [0.3, 0.4) is 0 Å². The first-order valence-corrected chi connectivity index (χ1v) is 20.8. The van der Waals surface area contributed by atoms with Crippen molar-refractivity contribution in [1.82, 2.24) is 19.9 Å². The minimum absolute atomic E-state index is 0. The van der Waals surface area contributed by atoms with Crippen molar-refractivity contribution < 1.29 is 28.3 Å². The Bertz CT molecular complexity index is 681. The molecule has 2 aromatic rings. The molecule has 28 heavy (non-hydrogen) atoms. The zero-order chi connectivity index (χ0) is 20.8. The number of hydrogen-bond acceptors (Lipinski definition) is 7. The van der Waals surface area contributed by atoms with Crippen LogP contribution >= 0.6 is 108 Å². The van der Waals surface area contributed by atoms with Gasteiger partial charge in [-0.15, -0.1) is 24.0 Å². The topological polar surface area (TPSA) is 109 Å². The minimum atomic E-state index is -0.888. The van der Waals surface area contributed by atoms with Gasteiger partial charge in [0.25, 0.3) is 0 Å². The van der Waals surface area contributed by atoms with Crippen LogP contribution in [0.5, 0.6) is 0 Å². The summed E-state index contributed by atoms with van der Waals surface area (Å²) >= 11 is 27.9. The summed E-state index contributed by atoms with van der Waals surface area (Å²) in [6.07, 6.45) is 2.60. The second-order valence-corrected chi connectivity index (χ2v) is 22.0. The molecular formula is C13H13Cl4I4N4O3-. The van der Waals surface area contributed by atoms with Crippen LogP contribution in [0, 0.1) is 0 Å². The van der Waals surface area contributed by atoms with Gasteiger partial charge in [0, 0.05) is 24.0 Å². The molecule has 160 valence electrons. The Morgan fingerprint density at radius 1 is 0.964 bits per heavy atom. The van der Waals surface area contributed by atoms with E-state index in [9.17, 15) is 4.79 Å². The van der Waals surface area contributed by atoms with E-state index in [0.717, 1.165) is 0 Å². The molecule has 0 bridgehead atoms. The number of rotatable bonds is 5. The summed E-state index contributed by atoms with van der Waals surface area (Å²) in [5.74, 6) is 0. The van der Waals surface area contributed by atoms with Gasteiger partial charge >= 0.3 is 50.5 Å². The molecule has 0 saturated heterocycles. The first kappa shape index (κ1) is 32.0. The molecule has 0 aliphatic carbocycles. The van der Waals surface area contributed by atoms with E-state index in [-0.39, 0.29) is 64.0 Å². The molecule has 2 heterocycles. The molecule has 0 aromatic carbocycles. The van der Waals surface area contributed by atoms with Gasteiger partial charge in [-0.25, -0.2) is 19.9 Å². The molecule has 0 amide bonds. The van der Waals surface area contributed by atoms with Crippen LogP contribution < -0.4 is 13.3 Å². The fourth-order valence-electron chi connectivity index (χ4n) is 1.46. The molecule has 0 saturated carbocycles. The van der Waals surface area contributed by atoms with Crippen molar-refractivity contribution in [3.8, 4) is 0 Å². The van der Waals surface area contributed by atoms with Gasteiger partial charge < -0.3 is 15.0 Å². The maximum atomic E-state index is 10.1. The fraction of sp³-hybridized carbons (Fsp3) is 0.308. The zero-order valence-electron chi connectivity index (χ0n) is 13.6. The number of aldehydes is 1. The van der Waals surface area contributed by atoms with Crippen LogP contribution in [0.2, 0.25) is 20.6 Å². The fourth-order valence-corrected chi connectivity index (χ4v) is 2.40. The Morgan fingerprint density at radius 2 is 1.32 bits per heavy atom. The number of halogens is 8. The van der Waals surface area contributed by atoms with E-state index in [2.05, 4.69) is 57.2 Å². The largest absolute Gasteiger partial charge is 0.394 e. The van der Waals surface area contributed by atoms with Crippen LogP contribution in [0.1, 0.15) is 11.1 Å². The summed E-state index contributed by atoms with van der Waals surface area (Å²) < 4.78 is 0. The number of hydrogen-bond donors (Lipinski definition) is 2. The van der Waals surface area contributed by atoms with Crippen molar-refractivity contribution in [2.24, 2.45) is 0 Å². The number of aromatic nitrogens is 4. The molecule has 1 unspecified atom stereocenters. The zero-order valence-corrected chi connectivity index (χ0v) is 25.4. The van der Waals surface area contributed by atoms with E-state index in [1.165, 1.54) is 12.7 Å². The second-order valence-electron chi connectivity index (χ2n) is 4.33. The van der Waals surface area contributed by atoms with E-state index in [1.54, 1.807) is 0 Å². The maximum Gasteiger partial charge on any atom is 0.137 e. The van der Waals surface area contributed by atoms with E-state index < -0.39 is 6.10 Å². The molecule has 2 aromatic heterocycles. The SMILES string of the molecule is I.I[I-]I.O=CCc1c(Cl)ncnc1Cl.OCC(O)Cc1c(Cl)ncnc1Cl. The smallest absolute Gasteiger partial charge is 0.137 e. The van der Waals surface area contributed by atoms with Crippen LogP contribution in [-0.2, 0) is 17.6 Å². The normalized spacial score (nSPS) is 10.6. The molecule has 2 rings (SSSR count). The Kier molecular flexibility index (Phi) is 22.3. The molecule has 15 heteroatoms. The van der Waals surface area contributed by atoms with Crippen molar-refractivity contribution in [2.45, 2.75) is 18.9 Å². The summed E-state index contributed by atoms with van der Waals surface area (Å²) in [6.45, 7) is -0.346. The monoisotopic (exact) mass is 921 g/mol. The Morgan fingerprint density at radius 3 is 1.64 bits per heavy atom. The van der Waals surface area contributed by atoms with E-state index in [1.807, 2.05) is 0 Å². The summed E-state index contributed by atoms with van der Waals surface area (Å²) in [6, 6.07) is 0. The van der Waals surface area contributed by atoms with Gasteiger partial charge in [0.2, 0.25) is 0 Å². The second kappa shape index (κ2) is 19.5. The standard InChI is InChI=1S/C7H8Cl2N2O2.C6H4Cl2N2O.I3.HI/c8-6-5(1-4(13)2-12)7(9)11-3-10-6;7-5-4(1-2-11)6(8)10-3-9-5;1-3-2;/h3-4,12-13H,1-2H2;2-3H,1H2;;1H/q;;-1;. The van der Waals surface area contributed by atoms with E-state index >= 15 is 0 Å². The number of carbonyl (C=O) groups excluding carboxylic acids is 1. The summed E-state index contributed by atoms with van der Waals surface area (Å²) in [4.78, 5) is 24.9. The van der Waals surface area contributed by atoms with Crippen LogP contribution in [0.25, 0.3) is 0 Å². The Labute approximate surface area is 228 Å². The third kappa shape index (κ3) is 13.3. The van der Waals surface area contributed by atoms with Gasteiger partial charge in [-0.3, -0.25) is 0 Å². The quantitative estimate of drug-likeness (QED) is 0.267. The van der Waals surface area contributed by atoms with Crippen molar-refractivity contribution in [2.75, 3.05) is 6.61 Å². The Balaban J connectivity index is 0. The van der Waals surface area contributed by atoms with E-state index in [4.69, 9.17) is 56.6 Å². The van der Waals surface area contributed by atoms with Crippen molar-refractivity contribution in [1.29, 1.82) is 0 Å². The van der Waals surface area contributed by atoms with Gasteiger partial charge in [-0.05, 0) is 0 Å². The summed E-state index contributed by atoms with van der Waals surface area (Å²) in [5.41, 5.74) is 0.929. The molecule has 2 N–H and O–H groups in total. The van der Waals surface area contributed by atoms with E-state index in [0.29, 0.717) is 30.7 Å². The van der Waals surface area contributed by atoms with Gasteiger partial charge in [0.15, 0.2) is 0 Å². The number of aliphatic hydroxyl groups is 2. The minimum Gasteiger partial charge on any atom is -0.394 e. The predicted molar refractivity (Wildman–Crippen MR) is 134 cm³/mol. The Hall–Kier alpha value is 1.83. The molecule has 7 nitrogen and oxygen atoms in total. The molecular weight excluding hydrogens is 910 g/mol. The van der Waals surface area contributed by atoms with Crippen molar-refractivity contribution >= 4 is 114 Å². The predicted octanol–water partition coefficient (Wildman–Crippen LogP) is 1.60. The number of nitrogens with zero attached hydrogens (tertiary/aromatic N) is 4. The van der Waals surface area contributed by atoms with Gasteiger partial charge in [-0.1, -0.05) is 46.4 Å². The van der Waals surface area contributed by atoms with Crippen molar-refractivity contribution in [3.63, 3.8) is 0 Å². The molecule has 0 aliphatic heterocycles. The third-order valence-corrected chi connectivity index (χ3v) is 3.92. The van der Waals surface area contributed by atoms with Gasteiger partial charge in [0.05, 0.1) is 12.7 Å². The van der Waals surface area contributed by atoms with Crippen LogP contribution in [0.15, 0.2) is 12.7 Å². The molecule has 0 spiro atoms. The maximum absolute atomic E-state index is 10.1. The first-order chi connectivity index (χ1) is 12.8. The average Bonchev–Trinajstić information content (AvgIpc) is 2.63. The van der Waals surface area contributed by atoms with Crippen LogP contribution in [-0.4, -0.2) is 49.1 Å². The van der Waals surface area contributed by atoms with Gasteiger partial charge in [0.1, 0.15) is 39.6 Å². The third-order valence-electron chi connectivity index (χ3n) is 2.62. The first-order valence-electron chi connectivity index (χ1n) is 6.71. The van der Waals surface area contributed by atoms with Crippen molar-refractivity contribution in [3.05, 3.63) is 44.4 Å². The molecule has 1 atom stereocenters. The summed E-state index contributed by atoms with van der Waals surface area (Å²) in [7, 11) is 0. The molecule has 0 fully saturated rings. The summed E-state index contributed by atoms with van der Waals surface area (Å²) in [5, 5.41) is 18.6.